The van der Waals surface area contributed by atoms with Gasteiger partial charge in [0.05, 0.1) is 31.0 Å². The average molecular weight is 499 g/mol. The molecule has 0 radical (unpaired) electrons. The first-order valence-electron chi connectivity index (χ1n) is 11.5. The van der Waals surface area contributed by atoms with E-state index in [1.807, 2.05) is 11.8 Å². The van der Waals surface area contributed by atoms with Gasteiger partial charge in [-0.1, -0.05) is 30.3 Å². The van der Waals surface area contributed by atoms with Gasteiger partial charge in [0.2, 0.25) is 0 Å². The number of hydrogen-bond donors (Lipinski definition) is 2. The van der Waals surface area contributed by atoms with Gasteiger partial charge >= 0.3 is 5.97 Å². The largest absolute Gasteiger partial charge is 0.465 e. The number of hydrogen-bond acceptors (Lipinski definition) is 6. The van der Waals surface area contributed by atoms with Crippen molar-refractivity contribution < 1.29 is 28.2 Å². The number of aliphatic hydroxyl groups excluding tert-OH is 1. The second-order valence-electron chi connectivity index (χ2n) is 8.80. The summed E-state index contributed by atoms with van der Waals surface area (Å²) < 4.78 is 34.4. The Morgan fingerprint density at radius 1 is 1.19 bits per heavy atom. The van der Waals surface area contributed by atoms with Crippen molar-refractivity contribution >= 4 is 17.7 Å². The van der Waals surface area contributed by atoms with E-state index in [1.54, 1.807) is 41.9 Å². The minimum absolute atomic E-state index is 0.253. The van der Waals surface area contributed by atoms with Gasteiger partial charge < -0.3 is 20.1 Å². The van der Waals surface area contributed by atoms with Crippen molar-refractivity contribution in [2.45, 2.75) is 38.9 Å². The highest BCUT2D eigenvalue weighted by molar-refractivity contribution is 6.00. The molecule has 0 spiro atoms. The molecule has 3 aromatic rings. The van der Waals surface area contributed by atoms with E-state index in [2.05, 4.69) is 10.4 Å². The van der Waals surface area contributed by atoms with Gasteiger partial charge in [0.15, 0.2) is 0 Å². The van der Waals surface area contributed by atoms with Gasteiger partial charge in [-0.3, -0.25) is 4.79 Å². The number of alkyl halides is 2. The Morgan fingerprint density at radius 3 is 2.58 bits per heavy atom. The fourth-order valence-corrected chi connectivity index (χ4v) is 4.37. The van der Waals surface area contributed by atoms with Gasteiger partial charge in [-0.25, -0.2) is 9.48 Å². The van der Waals surface area contributed by atoms with E-state index in [9.17, 15) is 18.4 Å². The third-order valence-electron chi connectivity index (χ3n) is 6.31. The number of amides is 1. The number of aromatic nitrogens is 2. The maximum absolute atomic E-state index is 14.0. The highest BCUT2D eigenvalue weighted by atomic mass is 19.3. The fourth-order valence-electron chi connectivity index (χ4n) is 4.37. The van der Waals surface area contributed by atoms with Gasteiger partial charge in [-0.15, -0.1) is 0 Å². The van der Waals surface area contributed by atoms with Crippen molar-refractivity contribution in [3.63, 3.8) is 0 Å². The van der Waals surface area contributed by atoms with E-state index in [0.717, 1.165) is 5.56 Å². The quantitative estimate of drug-likeness (QED) is 0.461. The van der Waals surface area contributed by atoms with Crippen LogP contribution in [-0.4, -0.2) is 47.0 Å². The molecule has 1 amide bonds. The molecule has 0 bridgehead atoms. The Bertz CT molecular complexity index is 1270. The van der Waals surface area contributed by atoms with E-state index in [0.29, 0.717) is 47.8 Å². The number of ether oxygens (including phenoxy) is 1. The number of fused-ring (bicyclic) bond motifs is 1. The van der Waals surface area contributed by atoms with Crippen LogP contribution >= 0.6 is 0 Å². The third kappa shape index (κ3) is 4.94. The SMILES string of the molecule is COC(=O)c1ccc([C@H](C)NC(=O)c2c(C)nn3c2N(Cc2cccc(C(F)(F)CO)c2)CC3)cc1. The van der Waals surface area contributed by atoms with Crippen LogP contribution in [0.1, 0.15) is 56.1 Å². The Morgan fingerprint density at radius 2 is 1.92 bits per heavy atom. The van der Waals surface area contributed by atoms with Crippen molar-refractivity contribution in [2.24, 2.45) is 0 Å². The third-order valence-corrected chi connectivity index (χ3v) is 6.31. The summed E-state index contributed by atoms with van der Waals surface area (Å²) in [6, 6.07) is 12.4. The van der Waals surface area contributed by atoms with Gasteiger partial charge in [0.25, 0.3) is 11.8 Å². The van der Waals surface area contributed by atoms with Crippen LogP contribution in [0.25, 0.3) is 0 Å². The zero-order valence-electron chi connectivity index (χ0n) is 20.3. The van der Waals surface area contributed by atoms with Gasteiger partial charge in [0, 0.05) is 18.7 Å². The molecule has 0 saturated heterocycles. The lowest BCUT2D eigenvalue weighted by Crippen LogP contribution is -2.29. The molecule has 0 unspecified atom stereocenters. The number of nitrogens with zero attached hydrogens (tertiary/aromatic N) is 3. The molecule has 1 aliphatic rings. The summed E-state index contributed by atoms with van der Waals surface area (Å²) in [5.74, 6) is -3.42. The number of methoxy groups -OCH3 is 1. The normalized spacial score (nSPS) is 13.9. The summed E-state index contributed by atoms with van der Waals surface area (Å²) in [6.45, 7) is 3.80. The second kappa shape index (κ2) is 10.1. The summed E-state index contributed by atoms with van der Waals surface area (Å²) in [6.07, 6.45) is 0. The Kier molecular flexibility index (Phi) is 7.07. The van der Waals surface area contributed by atoms with Crippen LogP contribution in [-0.2, 0) is 23.7 Å². The first-order chi connectivity index (χ1) is 17.1. The monoisotopic (exact) mass is 498 g/mol. The molecule has 2 N–H and O–H groups in total. The summed E-state index contributed by atoms with van der Waals surface area (Å²) in [5, 5.41) is 16.5. The number of nitrogens with one attached hydrogen (secondary N) is 1. The van der Waals surface area contributed by atoms with Gasteiger partial charge in [-0.05, 0) is 43.2 Å². The maximum Gasteiger partial charge on any atom is 0.337 e. The molecule has 1 atom stereocenters. The highest BCUT2D eigenvalue weighted by Gasteiger charge is 2.33. The standard InChI is InChI=1S/C26H28F2N4O4/c1-16(19-7-9-20(10-8-19)25(35)36-3)29-23(34)22-17(2)30-32-12-11-31(24(22)32)14-18-5-4-6-21(13-18)26(27,28)15-33/h4-10,13,16,33H,11-12,14-15H2,1-3H3,(H,29,34)/t16-/m0/s1. The predicted molar refractivity (Wildman–Crippen MR) is 129 cm³/mol. The van der Waals surface area contributed by atoms with Crippen LogP contribution in [0.5, 0.6) is 0 Å². The van der Waals surface area contributed by atoms with Crippen LogP contribution < -0.4 is 10.2 Å². The van der Waals surface area contributed by atoms with E-state index in [4.69, 9.17) is 9.84 Å². The number of anilines is 1. The molecule has 0 saturated carbocycles. The second-order valence-corrected chi connectivity index (χ2v) is 8.80. The van der Waals surface area contributed by atoms with Crippen molar-refractivity contribution in [1.82, 2.24) is 15.1 Å². The molecule has 190 valence electrons. The molecule has 36 heavy (non-hydrogen) atoms. The number of aliphatic hydroxyl groups is 1. The summed E-state index contributed by atoms with van der Waals surface area (Å²) in [5.41, 5.74) is 2.62. The molecule has 10 heteroatoms. The van der Waals surface area contributed by atoms with Crippen LogP contribution in [0.15, 0.2) is 48.5 Å². The average Bonchev–Trinajstić information content (AvgIpc) is 3.41. The summed E-state index contributed by atoms with van der Waals surface area (Å²) >= 11 is 0. The van der Waals surface area contributed by atoms with Crippen molar-refractivity contribution in [3.05, 3.63) is 82.0 Å². The number of halogens is 2. The first kappa shape index (κ1) is 25.3. The Labute approximate surface area is 207 Å². The summed E-state index contributed by atoms with van der Waals surface area (Å²) in [4.78, 5) is 26.9. The molecule has 8 nitrogen and oxygen atoms in total. The Balaban J connectivity index is 1.53. The topological polar surface area (TPSA) is 96.7 Å². The van der Waals surface area contributed by atoms with E-state index < -0.39 is 18.5 Å². The molecule has 1 aromatic heterocycles. The van der Waals surface area contributed by atoms with Crippen LogP contribution in [0.2, 0.25) is 0 Å². The minimum atomic E-state index is -3.32. The molecule has 2 heterocycles. The number of rotatable bonds is 8. The van der Waals surface area contributed by atoms with E-state index in [1.165, 1.54) is 25.3 Å². The van der Waals surface area contributed by atoms with E-state index >= 15 is 0 Å². The molecule has 0 fully saturated rings. The number of esters is 1. The maximum atomic E-state index is 14.0. The Hall–Kier alpha value is -3.79. The van der Waals surface area contributed by atoms with Crippen molar-refractivity contribution in [3.8, 4) is 0 Å². The van der Waals surface area contributed by atoms with Crippen molar-refractivity contribution in [1.29, 1.82) is 0 Å². The molecule has 2 aromatic carbocycles. The van der Waals surface area contributed by atoms with Gasteiger partial charge in [-0.2, -0.15) is 13.9 Å². The molecular weight excluding hydrogens is 470 g/mol. The number of carbonyl (C=O) groups is 2. The van der Waals surface area contributed by atoms with Crippen LogP contribution in [0, 0.1) is 6.92 Å². The fraction of sp³-hybridized carbons (Fsp3) is 0.346. The minimum Gasteiger partial charge on any atom is -0.465 e. The zero-order valence-corrected chi connectivity index (χ0v) is 20.3. The molecular formula is C26H28F2N4O4. The molecule has 1 aliphatic heterocycles. The van der Waals surface area contributed by atoms with Crippen LogP contribution in [0.3, 0.4) is 0 Å². The lowest BCUT2D eigenvalue weighted by Gasteiger charge is -2.21. The lowest BCUT2D eigenvalue weighted by atomic mass is 10.0. The zero-order chi connectivity index (χ0) is 26.0. The number of benzene rings is 2. The molecule has 4 rings (SSSR count). The smallest absolute Gasteiger partial charge is 0.337 e. The number of aryl methyl sites for hydroxylation is 1. The predicted octanol–water partition coefficient (Wildman–Crippen LogP) is 3.57. The first-order valence-corrected chi connectivity index (χ1v) is 11.5. The van der Waals surface area contributed by atoms with Crippen molar-refractivity contribution in [2.75, 3.05) is 25.2 Å². The van der Waals surface area contributed by atoms with E-state index in [-0.39, 0.29) is 17.5 Å². The highest BCUT2D eigenvalue weighted by Crippen LogP contribution is 2.32. The van der Waals surface area contributed by atoms with Crippen LogP contribution in [0.4, 0.5) is 14.6 Å². The molecule has 0 aliphatic carbocycles. The summed E-state index contributed by atoms with van der Waals surface area (Å²) in [7, 11) is 1.32. The van der Waals surface area contributed by atoms with Gasteiger partial charge in [0.1, 0.15) is 18.0 Å². The lowest BCUT2D eigenvalue weighted by molar-refractivity contribution is -0.0556. The number of carbonyl (C=O) groups excluding carboxylic acids is 2.